The van der Waals surface area contributed by atoms with Gasteiger partial charge in [0.25, 0.3) is 0 Å². The van der Waals surface area contributed by atoms with Gasteiger partial charge in [0.05, 0.1) is 30.5 Å². The molecule has 0 amide bonds. The number of aromatic amines is 2. The number of nitrogens with zero attached hydrogens (tertiary/aromatic N) is 1. The second kappa shape index (κ2) is 8.10. The molecule has 30 heavy (non-hydrogen) atoms. The summed E-state index contributed by atoms with van der Waals surface area (Å²) < 4.78 is 12.7. The summed E-state index contributed by atoms with van der Waals surface area (Å²) in [5, 5.41) is 0. The Bertz CT molecular complexity index is 926. The second-order valence-corrected chi connectivity index (χ2v) is 9.14. The zero-order valence-corrected chi connectivity index (χ0v) is 18.1. The van der Waals surface area contributed by atoms with Gasteiger partial charge in [-0.1, -0.05) is 25.7 Å². The topological polar surface area (TPSA) is 62.4 Å². The molecule has 160 valence electrons. The van der Waals surface area contributed by atoms with Crippen LogP contribution in [0.4, 0.5) is 0 Å². The van der Waals surface area contributed by atoms with Crippen molar-refractivity contribution in [2.75, 3.05) is 7.11 Å². The number of allylic oxidation sites excluding steroid dienone is 1. The highest BCUT2D eigenvalue weighted by Crippen LogP contribution is 2.53. The zero-order chi connectivity index (χ0) is 20.6. The van der Waals surface area contributed by atoms with E-state index in [4.69, 9.17) is 14.5 Å². The average Bonchev–Trinajstić information content (AvgIpc) is 3.46. The predicted octanol–water partition coefficient (Wildman–Crippen LogP) is 5.48. The van der Waals surface area contributed by atoms with Crippen LogP contribution >= 0.6 is 0 Å². The van der Waals surface area contributed by atoms with E-state index in [1.807, 2.05) is 12.3 Å². The van der Waals surface area contributed by atoms with Gasteiger partial charge < -0.3 is 19.4 Å². The van der Waals surface area contributed by atoms with Crippen LogP contribution in [0.1, 0.15) is 74.9 Å². The predicted molar refractivity (Wildman–Crippen MR) is 119 cm³/mol. The van der Waals surface area contributed by atoms with E-state index in [1.165, 1.54) is 49.9 Å². The number of fused-ring (bicyclic) bond motifs is 5. The van der Waals surface area contributed by atoms with Crippen molar-refractivity contribution < 1.29 is 9.47 Å². The fraction of sp³-hybridized carbons (Fsp3) is 0.560. The van der Waals surface area contributed by atoms with Gasteiger partial charge in [-0.3, -0.25) is 0 Å². The molecule has 0 aliphatic carbocycles. The minimum Gasteiger partial charge on any atom is -0.496 e. The number of aliphatic imine (C=N–C) groups is 1. The summed E-state index contributed by atoms with van der Waals surface area (Å²) in [6, 6.07) is 8.58. The summed E-state index contributed by atoms with van der Waals surface area (Å²) >= 11 is 0. The van der Waals surface area contributed by atoms with E-state index in [9.17, 15) is 0 Å². The van der Waals surface area contributed by atoms with Gasteiger partial charge >= 0.3 is 0 Å². The van der Waals surface area contributed by atoms with Crippen LogP contribution in [0, 0.1) is 5.92 Å². The molecule has 2 N–H and O–H groups in total. The number of H-pyrrole nitrogens is 2. The first-order valence-electron chi connectivity index (χ1n) is 11.5. The maximum atomic E-state index is 6.71. The number of aromatic nitrogens is 2. The molecule has 2 aromatic rings. The van der Waals surface area contributed by atoms with E-state index in [0.717, 1.165) is 30.0 Å². The van der Waals surface area contributed by atoms with Crippen molar-refractivity contribution in [2.45, 2.75) is 76.0 Å². The highest BCUT2D eigenvalue weighted by Gasteiger charge is 2.56. The number of aryl methyl sites for hydroxylation is 1. The Balaban J connectivity index is 1.62. The molecule has 4 atom stereocenters. The van der Waals surface area contributed by atoms with Gasteiger partial charge in [-0.2, -0.15) is 0 Å². The quantitative estimate of drug-likeness (QED) is 0.693. The van der Waals surface area contributed by atoms with E-state index in [0.29, 0.717) is 5.92 Å². The molecule has 1 saturated heterocycles. The lowest BCUT2D eigenvalue weighted by Gasteiger charge is -2.47. The van der Waals surface area contributed by atoms with E-state index in [2.05, 4.69) is 41.2 Å². The second-order valence-electron chi connectivity index (χ2n) is 9.14. The molecule has 5 nitrogen and oxygen atoms in total. The number of nitrogens with one attached hydrogen (secondary N) is 2. The third-order valence-corrected chi connectivity index (χ3v) is 7.03. The summed E-state index contributed by atoms with van der Waals surface area (Å²) in [6.45, 7) is 2.18. The van der Waals surface area contributed by atoms with Gasteiger partial charge in [0.2, 0.25) is 5.72 Å². The van der Waals surface area contributed by atoms with Gasteiger partial charge in [0, 0.05) is 23.7 Å². The molecule has 1 spiro atoms. The number of hydrogen-bond acceptors (Lipinski definition) is 3. The third-order valence-electron chi connectivity index (χ3n) is 7.03. The van der Waals surface area contributed by atoms with Crippen molar-refractivity contribution in [3.63, 3.8) is 0 Å². The smallest absolute Gasteiger partial charge is 0.226 e. The fourth-order valence-electron chi connectivity index (χ4n) is 5.73. The average molecular weight is 408 g/mol. The van der Waals surface area contributed by atoms with Crippen molar-refractivity contribution in [1.82, 2.24) is 9.97 Å². The lowest BCUT2D eigenvalue weighted by Crippen LogP contribution is -2.49. The molecule has 5 heteroatoms. The summed E-state index contributed by atoms with van der Waals surface area (Å²) in [6.07, 6.45) is 14.0. The summed E-state index contributed by atoms with van der Waals surface area (Å²) in [7, 11) is 1.74. The molecule has 5 rings (SSSR count). The highest BCUT2D eigenvalue weighted by atomic mass is 16.6. The molecule has 3 aliphatic heterocycles. The molecule has 0 unspecified atom stereocenters. The molecular formula is C25H33N3O2. The van der Waals surface area contributed by atoms with Crippen molar-refractivity contribution in [2.24, 2.45) is 10.9 Å². The Morgan fingerprint density at radius 1 is 1.13 bits per heavy atom. The molecule has 2 bridgehead atoms. The Kier molecular flexibility index (Phi) is 5.32. The Morgan fingerprint density at radius 2 is 2.00 bits per heavy atom. The number of rotatable bonds is 2. The maximum Gasteiger partial charge on any atom is 0.226 e. The third kappa shape index (κ3) is 3.43. The van der Waals surface area contributed by atoms with Crippen LogP contribution in [-0.2, 0) is 15.9 Å². The standard InChI is InChI=1S/C25H33N3O2/c1-17-15-18-9-6-4-3-5-7-10-19-12-13-21(27-19)24(18)25(30-17)23(29-2)16-22(28-25)20-11-8-14-26-20/h8,11-14,16-18,24,26-27H,3-7,9-10,15H2,1-2H3/t17-,18+,24+,25+/m0/s1. The zero-order valence-electron chi connectivity index (χ0n) is 18.1. The van der Waals surface area contributed by atoms with Crippen LogP contribution in [0.25, 0.3) is 0 Å². The first kappa shape index (κ1) is 19.7. The largest absolute Gasteiger partial charge is 0.496 e. The molecule has 0 saturated carbocycles. The van der Waals surface area contributed by atoms with Crippen molar-refractivity contribution in [3.05, 3.63) is 59.4 Å². The molecular weight excluding hydrogens is 374 g/mol. The van der Waals surface area contributed by atoms with Crippen LogP contribution in [-0.4, -0.2) is 34.6 Å². The SMILES string of the molecule is COC1=CC(c2ccc[nH]2)=N[C@@]12O[C@@H](C)C[C@H]1CCCCCCCc3ccc([nH]3)[C@@H]12. The Morgan fingerprint density at radius 3 is 2.83 bits per heavy atom. The highest BCUT2D eigenvalue weighted by molar-refractivity contribution is 6.09. The van der Waals surface area contributed by atoms with Crippen LogP contribution < -0.4 is 0 Å². The van der Waals surface area contributed by atoms with Gasteiger partial charge in [0.1, 0.15) is 0 Å². The first-order valence-corrected chi connectivity index (χ1v) is 11.5. The van der Waals surface area contributed by atoms with Gasteiger partial charge in [0.15, 0.2) is 5.76 Å². The van der Waals surface area contributed by atoms with Gasteiger partial charge in [-0.15, -0.1) is 0 Å². The van der Waals surface area contributed by atoms with Crippen LogP contribution in [0.5, 0.6) is 0 Å². The first-order chi connectivity index (χ1) is 14.7. The molecule has 5 heterocycles. The number of hydrogen-bond donors (Lipinski definition) is 2. The lowest BCUT2D eigenvalue weighted by molar-refractivity contribution is -0.147. The molecule has 1 fully saturated rings. The van der Waals surface area contributed by atoms with Crippen LogP contribution in [0.2, 0.25) is 0 Å². The van der Waals surface area contributed by atoms with Gasteiger partial charge in [-0.25, -0.2) is 4.99 Å². The van der Waals surface area contributed by atoms with Crippen molar-refractivity contribution in [1.29, 1.82) is 0 Å². The van der Waals surface area contributed by atoms with Crippen LogP contribution in [0.3, 0.4) is 0 Å². The molecule has 0 radical (unpaired) electrons. The van der Waals surface area contributed by atoms with Crippen LogP contribution in [0.15, 0.2) is 47.3 Å². The number of ether oxygens (including phenoxy) is 2. The Hall–Kier alpha value is -2.27. The summed E-state index contributed by atoms with van der Waals surface area (Å²) in [4.78, 5) is 12.3. The fourth-order valence-corrected chi connectivity index (χ4v) is 5.73. The molecule has 2 aromatic heterocycles. The summed E-state index contributed by atoms with van der Waals surface area (Å²) in [5.74, 6) is 1.45. The minimum absolute atomic E-state index is 0.125. The normalized spacial score (nSPS) is 32.0. The maximum absolute atomic E-state index is 6.71. The lowest BCUT2D eigenvalue weighted by atomic mass is 9.73. The minimum atomic E-state index is -0.802. The van der Waals surface area contributed by atoms with E-state index in [1.54, 1.807) is 7.11 Å². The molecule has 3 aliphatic rings. The van der Waals surface area contributed by atoms with Crippen molar-refractivity contribution >= 4 is 5.71 Å². The Labute approximate surface area is 179 Å². The molecule has 0 aromatic carbocycles. The van der Waals surface area contributed by atoms with E-state index in [-0.39, 0.29) is 12.0 Å². The van der Waals surface area contributed by atoms with E-state index < -0.39 is 5.72 Å². The van der Waals surface area contributed by atoms with Gasteiger partial charge in [-0.05, 0) is 62.8 Å². The van der Waals surface area contributed by atoms with Crippen molar-refractivity contribution in [3.8, 4) is 0 Å². The summed E-state index contributed by atoms with van der Waals surface area (Å²) in [5.41, 5.74) is 3.67. The number of methoxy groups -OCH3 is 1. The monoisotopic (exact) mass is 407 g/mol. The van der Waals surface area contributed by atoms with E-state index >= 15 is 0 Å².